The minimum Gasteiger partial charge on any atom is -0.490 e. The number of nitrogens with two attached hydrogens (primary N) is 3. The first-order valence-electron chi connectivity index (χ1n) is 21.0. The van der Waals surface area contributed by atoms with E-state index in [9.17, 15) is 19.2 Å². The van der Waals surface area contributed by atoms with E-state index in [1.165, 1.54) is 16.9 Å². The zero-order chi connectivity index (χ0) is 44.5. The number of pyridine rings is 1. The Hall–Kier alpha value is -7.13. The number of primary amides is 2. The number of carbonyl (C=O) groups is 4. The number of carbonyl (C=O) groups excluding carboxylic acids is 4. The number of imidazole rings is 2. The number of benzene rings is 1. The Morgan fingerprint density at radius 2 is 1.52 bits per heavy atom. The number of aromatic nitrogens is 9. The van der Waals surface area contributed by atoms with Gasteiger partial charge in [-0.2, -0.15) is 10.2 Å². The molecule has 4 amide bonds. The van der Waals surface area contributed by atoms with Crippen LogP contribution in [-0.2, 0) is 30.9 Å². The normalized spacial score (nSPS) is 16.6. The van der Waals surface area contributed by atoms with E-state index in [4.69, 9.17) is 31.7 Å². The molecule has 2 bridgehead atoms. The van der Waals surface area contributed by atoms with Crippen molar-refractivity contribution in [1.29, 1.82) is 0 Å². The molecule has 7 heterocycles. The molecule has 0 aliphatic carbocycles. The first kappa shape index (κ1) is 42.6. The second-order valence-corrected chi connectivity index (χ2v) is 15.6. The number of nitrogen functional groups attached to an aromatic ring is 1. The van der Waals surface area contributed by atoms with Crippen LogP contribution in [0.15, 0.2) is 42.6 Å². The topological polar surface area (TPSA) is 276 Å². The molecule has 2 aliphatic heterocycles. The standard InChI is InChI=1S/C42H51N15O6/c1-5-56-31(17-23(3)51-56)39(60)49-41-47-29-18-25(36(44)58)20-32(63-16-14-53-27-9-10-28(53)22-62-15-11-27)34(29)54(41)12-7-8-13-55-38-30(19-26(21-46-38)37(45)59)48-42(55)50-40(61)35-33(43)24(4)52-57(35)6-2/h7-8,17-21,27-28H,5-6,9-16,22,43H2,1-4H3,(H2,44,58)(H2,45,59)(H,47,49,60)(H,48,50,61)/b8-7+/t27-,28+/m1/s1. The maximum absolute atomic E-state index is 13.8. The Morgan fingerprint density at radius 3 is 2.27 bits per heavy atom. The van der Waals surface area contributed by atoms with Crippen LogP contribution >= 0.6 is 0 Å². The van der Waals surface area contributed by atoms with E-state index in [2.05, 4.69) is 35.7 Å². The molecule has 8 N–H and O–H groups in total. The van der Waals surface area contributed by atoms with Crippen molar-refractivity contribution in [3.05, 3.63) is 76.5 Å². The van der Waals surface area contributed by atoms with Crippen LogP contribution in [0.4, 0.5) is 17.6 Å². The zero-order valence-corrected chi connectivity index (χ0v) is 35.6. The van der Waals surface area contributed by atoms with E-state index in [0.29, 0.717) is 90.0 Å². The Kier molecular flexibility index (Phi) is 12.0. The first-order valence-corrected chi connectivity index (χ1v) is 21.0. The fourth-order valence-corrected chi connectivity index (χ4v) is 8.46. The summed E-state index contributed by atoms with van der Waals surface area (Å²) in [6.07, 6.45) is 8.16. The van der Waals surface area contributed by atoms with Crippen molar-refractivity contribution < 1.29 is 28.7 Å². The lowest BCUT2D eigenvalue weighted by molar-refractivity contribution is 0.0990. The number of rotatable bonds is 16. The number of allylic oxidation sites excluding steroid dienone is 2. The molecule has 2 saturated heterocycles. The van der Waals surface area contributed by atoms with E-state index in [1.807, 2.05) is 32.9 Å². The average Bonchev–Trinajstić information content (AvgIpc) is 4.03. The van der Waals surface area contributed by atoms with E-state index in [0.717, 1.165) is 25.9 Å². The molecule has 1 aromatic carbocycles. The molecule has 0 unspecified atom stereocenters. The molecule has 8 rings (SSSR count). The predicted molar refractivity (Wildman–Crippen MR) is 233 cm³/mol. The van der Waals surface area contributed by atoms with Gasteiger partial charge in [0.1, 0.15) is 34.8 Å². The van der Waals surface area contributed by atoms with Crippen LogP contribution in [0.2, 0.25) is 0 Å². The van der Waals surface area contributed by atoms with Gasteiger partial charge < -0.3 is 31.2 Å². The number of nitrogens with one attached hydrogen (secondary N) is 2. The van der Waals surface area contributed by atoms with Crippen molar-refractivity contribution in [2.45, 2.75) is 85.2 Å². The highest BCUT2D eigenvalue weighted by Gasteiger charge is 2.35. The number of anilines is 3. The summed E-state index contributed by atoms with van der Waals surface area (Å²) in [7, 11) is 0. The quantitative estimate of drug-likeness (QED) is 0.0877. The van der Waals surface area contributed by atoms with Gasteiger partial charge in [-0.05, 0) is 71.2 Å². The molecule has 21 nitrogen and oxygen atoms in total. The number of aryl methyl sites for hydroxylation is 4. The second-order valence-electron chi connectivity index (χ2n) is 15.6. The van der Waals surface area contributed by atoms with E-state index in [1.54, 1.807) is 38.9 Å². The highest BCUT2D eigenvalue weighted by Crippen LogP contribution is 2.33. The third-order valence-corrected chi connectivity index (χ3v) is 11.6. The molecule has 2 fully saturated rings. The van der Waals surface area contributed by atoms with Gasteiger partial charge in [-0.25, -0.2) is 15.0 Å². The summed E-state index contributed by atoms with van der Waals surface area (Å²) in [6, 6.07) is 7.11. The van der Waals surface area contributed by atoms with Crippen LogP contribution in [0, 0.1) is 13.8 Å². The summed E-state index contributed by atoms with van der Waals surface area (Å²) in [4.78, 5) is 68.6. The second kappa shape index (κ2) is 17.7. The highest BCUT2D eigenvalue weighted by molar-refractivity contribution is 6.07. The van der Waals surface area contributed by atoms with Gasteiger partial charge >= 0.3 is 0 Å². The maximum Gasteiger partial charge on any atom is 0.278 e. The largest absolute Gasteiger partial charge is 0.490 e. The van der Waals surface area contributed by atoms with E-state index in [-0.39, 0.29) is 47.5 Å². The lowest BCUT2D eigenvalue weighted by Crippen LogP contribution is -2.39. The third kappa shape index (κ3) is 8.43. The maximum atomic E-state index is 13.8. The SMILES string of the molecule is CCn1nc(C)cc1C(=O)Nc1nc2cc(C(N)=O)cc(OCCN3[C@H]4CCOC[C@@H]3CC4)c2n1C/C=C/Cn1c(NC(=O)c2c(N)c(C)nn2CC)nc2cc(C(N)=O)cnc21. The number of hydrogen-bond donors (Lipinski definition) is 5. The fraction of sp³-hybridized carbons (Fsp3) is 0.405. The highest BCUT2D eigenvalue weighted by atomic mass is 16.5. The van der Waals surface area contributed by atoms with Crippen molar-refractivity contribution >= 4 is 63.4 Å². The molecule has 63 heavy (non-hydrogen) atoms. The lowest BCUT2D eigenvalue weighted by Gasteiger charge is -2.27. The molecule has 0 radical (unpaired) electrons. The van der Waals surface area contributed by atoms with E-state index >= 15 is 0 Å². The van der Waals surface area contributed by atoms with Gasteiger partial charge in [0.05, 0.1) is 34.8 Å². The third-order valence-electron chi connectivity index (χ3n) is 11.6. The van der Waals surface area contributed by atoms with Gasteiger partial charge in [-0.3, -0.25) is 48.6 Å². The summed E-state index contributed by atoms with van der Waals surface area (Å²) in [5.74, 6) is -1.60. The number of amides is 4. The van der Waals surface area contributed by atoms with Crippen LogP contribution < -0.4 is 32.6 Å². The summed E-state index contributed by atoms with van der Waals surface area (Å²) in [5, 5.41) is 14.6. The molecule has 6 aromatic rings. The molecule has 2 aliphatic rings. The van der Waals surface area contributed by atoms with Crippen LogP contribution in [0.25, 0.3) is 22.2 Å². The number of fused-ring (bicyclic) bond motifs is 4. The fourth-order valence-electron chi connectivity index (χ4n) is 8.46. The minimum atomic E-state index is -0.681. The van der Waals surface area contributed by atoms with Gasteiger partial charge in [0, 0.05) is 63.2 Å². The molecule has 21 heteroatoms. The van der Waals surface area contributed by atoms with Crippen molar-refractivity contribution in [1.82, 2.24) is 48.5 Å². The summed E-state index contributed by atoms with van der Waals surface area (Å²) >= 11 is 0. The molecular weight excluding hydrogens is 811 g/mol. The molecule has 2 atom stereocenters. The van der Waals surface area contributed by atoms with Crippen LogP contribution in [0.3, 0.4) is 0 Å². The van der Waals surface area contributed by atoms with Crippen LogP contribution in [0.5, 0.6) is 5.75 Å². The summed E-state index contributed by atoms with van der Waals surface area (Å²) < 4.78 is 18.9. The van der Waals surface area contributed by atoms with Gasteiger partial charge in [-0.1, -0.05) is 12.2 Å². The van der Waals surface area contributed by atoms with Gasteiger partial charge in [0.2, 0.25) is 23.7 Å². The summed E-state index contributed by atoms with van der Waals surface area (Å²) in [5.41, 5.74) is 21.5. The van der Waals surface area contributed by atoms with Crippen molar-refractivity contribution in [3.63, 3.8) is 0 Å². The Balaban J connectivity index is 1.14. The molecule has 0 saturated carbocycles. The molecule has 0 spiro atoms. The Bertz CT molecular complexity index is 2770. The van der Waals surface area contributed by atoms with Gasteiger partial charge in [-0.15, -0.1) is 0 Å². The van der Waals surface area contributed by atoms with Gasteiger partial charge in [0.25, 0.3) is 11.8 Å². The number of hydrogen-bond acceptors (Lipinski definition) is 13. The molecule has 330 valence electrons. The monoisotopic (exact) mass is 861 g/mol. The minimum absolute atomic E-state index is 0.137. The van der Waals surface area contributed by atoms with Crippen LogP contribution in [0.1, 0.15) is 86.2 Å². The average molecular weight is 862 g/mol. The first-order chi connectivity index (χ1) is 30.3. The molecule has 5 aromatic heterocycles. The summed E-state index contributed by atoms with van der Waals surface area (Å²) in [6.45, 7) is 10.9. The van der Waals surface area contributed by atoms with E-state index < -0.39 is 23.6 Å². The van der Waals surface area contributed by atoms with Crippen molar-refractivity contribution in [2.75, 3.05) is 42.7 Å². The number of nitrogens with zero attached hydrogens (tertiary/aromatic N) is 10. The smallest absolute Gasteiger partial charge is 0.278 e. The molecular formula is C42H51N15O6. The number of ether oxygens (including phenoxy) is 2. The Morgan fingerprint density at radius 1 is 0.841 bits per heavy atom. The van der Waals surface area contributed by atoms with Gasteiger partial charge in [0.15, 0.2) is 5.65 Å². The zero-order valence-electron chi connectivity index (χ0n) is 35.6. The Labute approximate surface area is 361 Å². The lowest BCUT2D eigenvalue weighted by atomic mass is 10.1. The van der Waals surface area contributed by atoms with Crippen LogP contribution in [-0.4, -0.2) is 111 Å². The predicted octanol–water partition coefficient (Wildman–Crippen LogP) is 3.00. The van der Waals surface area contributed by atoms with Crippen molar-refractivity contribution in [3.8, 4) is 5.75 Å². The van der Waals surface area contributed by atoms with Crippen molar-refractivity contribution in [2.24, 2.45) is 11.5 Å².